The lowest BCUT2D eigenvalue weighted by Crippen LogP contribution is -2.10. The Labute approximate surface area is 154 Å². The average molecular weight is 373 g/mol. The molecular weight excluding hydrogens is 359 g/mol. The zero-order valence-electron chi connectivity index (χ0n) is 12.9. The van der Waals surface area contributed by atoms with Gasteiger partial charge < -0.3 is 15.9 Å². The second-order valence-corrected chi connectivity index (χ2v) is 6.13. The van der Waals surface area contributed by atoms with E-state index in [9.17, 15) is 0 Å². The van der Waals surface area contributed by atoms with Gasteiger partial charge in [-0.1, -0.05) is 71.7 Å². The van der Waals surface area contributed by atoms with E-state index in [1.54, 1.807) is 48.5 Å². The first kappa shape index (κ1) is 17.1. The average Bonchev–Trinajstić information content (AvgIpc) is 2.90. The second-order valence-electron chi connectivity index (χ2n) is 5.37. The molecule has 0 bridgehead atoms. The molecule has 25 heavy (non-hydrogen) atoms. The number of nitrogens with one attached hydrogen (secondary N) is 2. The van der Waals surface area contributed by atoms with Gasteiger partial charge in [0.1, 0.15) is 21.7 Å². The lowest BCUT2D eigenvalue weighted by atomic mass is 10.1. The van der Waals surface area contributed by atoms with Gasteiger partial charge in [0.2, 0.25) is 0 Å². The third-order valence-electron chi connectivity index (χ3n) is 3.71. The van der Waals surface area contributed by atoms with Crippen LogP contribution >= 0.6 is 23.2 Å². The van der Waals surface area contributed by atoms with E-state index in [2.05, 4.69) is 0 Å². The van der Waals surface area contributed by atoms with Gasteiger partial charge in [0.15, 0.2) is 11.5 Å². The summed E-state index contributed by atoms with van der Waals surface area (Å²) >= 11 is 12.7. The van der Waals surface area contributed by atoms with Gasteiger partial charge in [0.25, 0.3) is 0 Å². The molecule has 2 aromatic carbocycles. The van der Waals surface area contributed by atoms with Gasteiger partial charge in [0, 0.05) is 22.3 Å². The highest BCUT2D eigenvalue weighted by Crippen LogP contribution is 2.43. The first-order valence-electron chi connectivity index (χ1n) is 7.26. The molecule has 1 heterocycles. The second kappa shape index (κ2) is 6.63. The van der Waals surface area contributed by atoms with E-state index in [0.29, 0.717) is 32.7 Å². The van der Waals surface area contributed by atoms with Gasteiger partial charge in [-0.15, -0.1) is 0 Å². The summed E-state index contributed by atoms with van der Waals surface area (Å²) in [5.41, 5.74) is 13.6. The molecule has 126 valence electrons. The van der Waals surface area contributed by atoms with Crippen LogP contribution in [0, 0.1) is 10.8 Å². The van der Waals surface area contributed by atoms with Gasteiger partial charge in [-0.05, 0) is 0 Å². The zero-order valence-corrected chi connectivity index (χ0v) is 14.4. The molecule has 0 aliphatic rings. The van der Waals surface area contributed by atoms with Crippen molar-refractivity contribution in [2.75, 3.05) is 0 Å². The minimum atomic E-state index is -0.0126. The Morgan fingerprint density at radius 2 is 1.00 bits per heavy atom. The van der Waals surface area contributed by atoms with Crippen LogP contribution < -0.4 is 11.5 Å². The summed E-state index contributed by atoms with van der Waals surface area (Å²) in [6.45, 7) is 0. The Kier molecular flexibility index (Phi) is 4.53. The van der Waals surface area contributed by atoms with Crippen LogP contribution in [-0.2, 0) is 0 Å². The van der Waals surface area contributed by atoms with Gasteiger partial charge >= 0.3 is 0 Å². The number of hydrogen-bond donors (Lipinski definition) is 4. The van der Waals surface area contributed by atoms with Crippen molar-refractivity contribution in [1.29, 1.82) is 10.8 Å². The number of nitrogen functional groups attached to an aromatic ring is 2. The number of hydrogen-bond acceptors (Lipinski definition) is 3. The van der Waals surface area contributed by atoms with Crippen molar-refractivity contribution < 1.29 is 4.42 Å². The van der Waals surface area contributed by atoms with Crippen molar-refractivity contribution in [1.82, 2.24) is 0 Å². The summed E-state index contributed by atoms with van der Waals surface area (Å²) in [7, 11) is 0. The normalized spacial score (nSPS) is 10.6. The summed E-state index contributed by atoms with van der Waals surface area (Å²) < 4.78 is 5.88. The molecule has 5 nitrogen and oxygen atoms in total. The predicted octanol–water partition coefficient (Wildman–Crippen LogP) is 4.49. The Morgan fingerprint density at radius 1 is 0.680 bits per heavy atom. The van der Waals surface area contributed by atoms with Crippen LogP contribution in [0.25, 0.3) is 22.6 Å². The molecule has 0 spiro atoms. The molecule has 3 aromatic rings. The van der Waals surface area contributed by atoms with Crippen LogP contribution in [-0.4, -0.2) is 11.7 Å². The minimum absolute atomic E-state index is 0.0126. The Hall–Kier alpha value is -2.76. The first-order valence-corrected chi connectivity index (χ1v) is 8.01. The highest BCUT2D eigenvalue weighted by Gasteiger charge is 2.20. The molecule has 0 fully saturated rings. The van der Waals surface area contributed by atoms with E-state index in [4.69, 9.17) is 49.9 Å². The number of rotatable bonds is 4. The number of benzene rings is 2. The van der Waals surface area contributed by atoms with Gasteiger partial charge in [0.05, 0.1) is 0 Å². The molecular formula is C18H14Cl2N4O. The summed E-state index contributed by atoms with van der Waals surface area (Å²) in [5, 5.41) is 15.5. The van der Waals surface area contributed by atoms with E-state index >= 15 is 0 Å². The molecule has 0 unspecified atom stereocenters. The van der Waals surface area contributed by atoms with Gasteiger partial charge in [-0.3, -0.25) is 10.8 Å². The first-order chi connectivity index (χ1) is 11.9. The fourth-order valence-electron chi connectivity index (χ4n) is 2.36. The smallest absolute Gasteiger partial charge is 0.155 e. The van der Waals surface area contributed by atoms with Crippen LogP contribution in [0.2, 0.25) is 10.0 Å². The molecule has 0 aliphatic carbocycles. The van der Waals surface area contributed by atoms with Gasteiger partial charge in [-0.2, -0.15) is 0 Å². The van der Waals surface area contributed by atoms with E-state index in [-0.39, 0.29) is 11.7 Å². The molecule has 7 heteroatoms. The van der Waals surface area contributed by atoms with Gasteiger partial charge in [-0.25, -0.2) is 0 Å². The van der Waals surface area contributed by atoms with Crippen molar-refractivity contribution >= 4 is 34.9 Å². The summed E-state index contributed by atoms with van der Waals surface area (Å²) in [5.74, 6) is 0.850. The zero-order chi connectivity index (χ0) is 18.1. The number of furan rings is 1. The number of nitrogens with two attached hydrogens (primary N) is 2. The molecule has 3 rings (SSSR count). The molecule has 0 saturated carbocycles. The molecule has 0 radical (unpaired) electrons. The highest BCUT2D eigenvalue weighted by atomic mass is 35.5. The fourth-order valence-corrected chi connectivity index (χ4v) is 2.83. The highest BCUT2D eigenvalue weighted by molar-refractivity contribution is 6.45. The van der Waals surface area contributed by atoms with Crippen molar-refractivity contribution in [3.8, 4) is 22.6 Å². The van der Waals surface area contributed by atoms with E-state index < -0.39 is 0 Å². The molecule has 0 aliphatic heterocycles. The number of amidine groups is 2. The SMILES string of the molecule is N=C(N)c1ccc(-c2oc(-c3ccc(C(=N)N)cc3)c(Cl)c2Cl)cc1. The van der Waals surface area contributed by atoms with Crippen molar-refractivity contribution in [2.45, 2.75) is 0 Å². The third kappa shape index (κ3) is 3.24. The van der Waals surface area contributed by atoms with Crippen LogP contribution in [0.15, 0.2) is 52.9 Å². The lowest BCUT2D eigenvalue weighted by molar-refractivity contribution is 0.597. The quantitative estimate of drug-likeness (QED) is 0.399. The van der Waals surface area contributed by atoms with Crippen LogP contribution in [0.4, 0.5) is 0 Å². The standard InChI is InChI=1S/C18H14Cl2N4O/c19-13-14(20)16(10-3-7-12(8-4-10)18(23)24)25-15(13)9-1-5-11(6-2-9)17(21)22/h1-8H,(H3,21,22)(H3,23,24). The lowest BCUT2D eigenvalue weighted by Gasteiger charge is -2.02. The Bertz CT molecular complexity index is 882. The molecule has 0 amide bonds. The molecule has 6 N–H and O–H groups in total. The van der Waals surface area contributed by atoms with E-state index in [1.165, 1.54) is 0 Å². The summed E-state index contributed by atoms with van der Waals surface area (Å²) in [6.07, 6.45) is 0. The van der Waals surface area contributed by atoms with Crippen molar-refractivity contribution in [3.63, 3.8) is 0 Å². The number of halogens is 2. The van der Waals surface area contributed by atoms with Crippen molar-refractivity contribution in [2.24, 2.45) is 11.5 Å². The predicted molar refractivity (Wildman–Crippen MR) is 102 cm³/mol. The Morgan fingerprint density at radius 3 is 1.28 bits per heavy atom. The van der Waals surface area contributed by atoms with Crippen LogP contribution in [0.5, 0.6) is 0 Å². The minimum Gasteiger partial charge on any atom is -0.453 e. The topological polar surface area (TPSA) is 113 Å². The maximum absolute atomic E-state index is 7.43. The summed E-state index contributed by atoms with van der Waals surface area (Å²) in [4.78, 5) is 0. The van der Waals surface area contributed by atoms with E-state index in [1.807, 2.05) is 0 Å². The van der Waals surface area contributed by atoms with Crippen molar-refractivity contribution in [3.05, 3.63) is 69.7 Å². The summed E-state index contributed by atoms with van der Waals surface area (Å²) in [6, 6.07) is 13.9. The maximum atomic E-state index is 7.43. The Balaban J connectivity index is 2.02. The maximum Gasteiger partial charge on any atom is 0.155 e. The third-order valence-corrected chi connectivity index (χ3v) is 4.53. The molecule has 0 atom stereocenters. The van der Waals surface area contributed by atoms with Crippen LogP contribution in [0.1, 0.15) is 11.1 Å². The monoisotopic (exact) mass is 372 g/mol. The molecule has 0 saturated heterocycles. The molecule has 1 aromatic heterocycles. The van der Waals surface area contributed by atoms with Crippen LogP contribution in [0.3, 0.4) is 0 Å². The fraction of sp³-hybridized carbons (Fsp3) is 0. The largest absolute Gasteiger partial charge is 0.453 e. The van der Waals surface area contributed by atoms with E-state index in [0.717, 1.165) is 11.1 Å².